The van der Waals surface area contributed by atoms with E-state index in [1.165, 1.54) is 12.1 Å². The Kier molecular flexibility index (Phi) is 4.88. The summed E-state index contributed by atoms with van der Waals surface area (Å²) in [5.74, 6) is 0.0441. The Morgan fingerprint density at radius 3 is 2.74 bits per heavy atom. The van der Waals surface area contributed by atoms with E-state index in [-0.39, 0.29) is 17.8 Å². The summed E-state index contributed by atoms with van der Waals surface area (Å²) in [5.41, 5.74) is 4.60. The molecular weight excluding hydrogens is 437 g/mol. The van der Waals surface area contributed by atoms with Crippen LogP contribution in [-0.4, -0.2) is 49.6 Å². The number of fused-ring (bicyclic) bond motifs is 2. The zero-order valence-electron chi connectivity index (χ0n) is 18.2. The van der Waals surface area contributed by atoms with Crippen molar-refractivity contribution in [2.45, 2.75) is 25.5 Å². The number of carbonyl (C=O) groups excluding carboxylic acids is 1. The third-order valence-corrected chi connectivity index (χ3v) is 6.39. The summed E-state index contributed by atoms with van der Waals surface area (Å²) in [6.45, 7) is 1.93. The second kappa shape index (κ2) is 8.07. The molecule has 3 N–H and O–H groups in total. The lowest BCUT2D eigenvalue weighted by atomic mass is 10.1. The molecule has 172 valence electrons. The highest BCUT2D eigenvalue weighted by Gasteiger charge is 2.28. The Morgan fingerprint density at radius 2 is 1.94 bits per heavy atom. The summed E-state index contributed by atoms with van der Waals surface area (Å²) in [7, 11) is 0. The van der Waals surface area contributed by atoms with Gasteiger partial charge in [-0.25, -0.2) is 14.4 Å². The van der Waals surface area contributed by atoms with E-state index in [1.54, 1.807) is 29.2 Å². The van der Waals surface area contributed by atoms with E-state index in [1.807, 2.05) is 12.1 Å². The van der Waals surface area contributed by atoms with E-state index < -0.39 is 0 Å². The number of imidazole rings is 1. The third kappa shape index (κ3) is 3.52. The minimum absolute atomic E-state index is 0.190. The van der Waals surface area contributed by atoms with Crippen LogP contribution in [0.1, 0.15) is 28.8 Å². The van der Waals surface area contributed by atoms with Crippen molar-refractivity contribution in [1.29, 1.82) is 0 Å². The number of pyridine rings is 3. The number of aromatic nitrogens is 4. The molecule has 4 aromatic rings. The number of amides is 1. The number of hydrogen-bond acceptors (Lipinski definition) is 7. The first-order valence-corrected chi connectivity index (χ1v) is 11.2. The molecule has 2 aliphatic heterocycles. The highest BCUT2D eigenvalue weighted by atomic mass is 19.1. The highest BCUT2D eigenvalue weighted by molar-refractivity contribution is 6.05. The van der Waals surface area contributed by atoms with Crippen LogP contribution >= 0.6 is 0 Å². The predicted octanol–water partition coefficient (Wildman–Crippen LogP) is 2.88. The van der Waals surface area contributed by atoms with E-state index in [0.29, 0.717) is 40.6 Å². The van der Waals surface area contributed by atoms with Crippen molar-refractivity contribution in [2.24, 2.45) is 0 Å². The SMILES string of the molecule is O=C1NCc2c(-c3cnc4cc(F)ccn34)ncc(Nc3ccc(N4CCC(O)CC4)cn3)c21. The lowest BCUT2D eigenvalue weighted by molar-refractivity contribution is 0.0966. The Hall–Kier alpha value is -4.05. The number of aliphatic hydroxyl groups excluding tert-OH is 1. The van der Waals surface area contributed by atoms with Crippen LogP contribution < -0.4 is 15.5 Å². The van der Waals surface area contributed by atoms with Gasteiger partial charge in [0.25, 0.3) is 5.91 Å². The molecule has 0 atom stereocenters. The molecule has 9 nitrogen and oxygen atoms in total. The van der Waals surface area contributed by atoms with Crippen molar-refractivity contribution in [3.8, 4) is 11.4 Å². The summed E-state index contributed by atoms with van der Waals surface area (Å²) in [5, 5.41) is 15.8. The Labute approximate surface area is 194 Å². The number of halogens is 1. The molecule has 1 fully saturated rings. The number of nitrogens with one attached hydrogen (secondary N) is 2. The molecule has 2 aliphatic rings. The number of anilines is 3. The van der Waals surface area contributed by atoms with E-state index in [9.17, 15) is 14.3 Å². The molecule has 4 aromatic heterocycles. The maximum atomic E-state index is 13.6. The molecule has 0 aliphatic carbocycles. The molecule has 1 saturated heterocycles. The fourth-order valence-electron chi connectivity index (χ4n) is 4.60. The monoisotopic (exact) mass is 459 g/mol. The summed E-state index contributed by atoms with van der Waals surface area (Å²) in [6, 6.07) is 6.56. The highest BCUT2D eigenvalue weighted by Crippen LogP contribution is 2.33. The Balaban J connectivity index is 1.31. The maximum absolute atomic E-state index is 13.6. The smallest absolute Gasteiger partial charge is 0.254 e. The first-order valence-electron chi connectivity index (χ1n) is 11.2. The third-order valence-electron chi connectivity index (χ3n) is 6.39. The molecule has 0 radical (unpaired) electrons. The van der Waals surface area contributed by atoms with Gasteiger partial charge in [0.15, 0.2) is 0 Å². The van der Waals surface area contributed by atoms with Gasteiger partial charge >= 0.3 is 0 Å². The van der Waals surface area contributed by atoms with Crippen LogP contribution in [0.5, 0.6) is 0 Å². The lowest BCUT2D eigenvalue weighted by Crippen LogP contribution is -2.35. The summed E-state index contributed by atoms with van der Waals surface area (Å²) >= 11 is 0. The van der Waals surface area contributed by atoms with Crippen LogP contribution in [0.15, 0.2) is 49.1 Å². The number of aliphatic hydroxyl groups is 1. The topological polar surface area (TPSA) is 108 Å². The summed E-state index contributed by atoms with van der Waals surface area (Å²) in [4.78, 5) is 28.3. The Morgan fingerprint density at radius 1 is 1.09 bits per heavy atom. The first kappa shape index (κ1) is 20.5. The maximum Gasteiger partial charge on any atom is 0.254 e. The van der Waals surface area contributed by atoms with Crippen LogP contribution in [0.25, 0.3) is 17.0 Å². The van der Waals surface area contributed by atoms with Crippen LogP contribution in [0.4, 0.5) is 21.6 Å². The molecule has 10 heteroatoms. The number of rotatable bonds is 4. The van der Waals surface area contributed by atoms with Crippen LogP contribution in [-0.2, 0) is 6.54 Å². The quantitative estimate of drug-likeness (QED) is 0.431. The van der Waals surface area contributed by atoms with Gasteiger partial charge in [0.1, 0.15) is 17.3 Å². The van der Waals surface area contributed by atoms with Gasteiger partial charge in [-0.2, -0.15) is 0 Å². The number of nitrogens with zero attached hydrogens (tertiary/aromatic N) is 5. The summed E-state index contributed by atoms with van der Waals surface area (Å²) < 4.78 is 15.3. The van der Waals surface area contributed by atoms with Gasteiger partial charge < -0.3 is 20.6 Å². The second-order valence-corrected chi connectivity index (χ2v) is 8.52. The van der Waals surface area contributed by atoms with E-state index in [0.717, 1.165) is 37.2 Å². The fourth-order valence-corrected chi connectivity index (χ4v) is 4.60. The van der Waals surface area contributed by atoms with Crippen LogP contribution in [0, 0.1) is 5.82 Å². The summed E-state index contributed by atoms with van der Waals surface area (Å²) in [6.07, 6.45) is 7.92. The molecule has 34 heavy (non-hydrogen) atoms. The standard InChI is InChI=1S/C24H22FN7O2/c25-14-3-8-32-19(13-27-21(32)9-14)23-17-11-29-24(34)22(17)18(12-28-23)30-20-2-1-15(10-26-20)31-6-4-16(33)5-7-31/h1-3,8-10,12-13,16,33H,4-7,11H2,(H,26,30)(H,29,34). The van der Waals surface area contributed by atoms with Crippen LogP contribution in [0.2, 0.25) is 0 Å². The van der Waals surface area contributed by atoms with Crippen molar-refractivity contribution in [2.75, 3.05) is 23.3 Å². The van der Waals surface area contributed by atoms with Gasteiger partial charge in [0, 0.05) is 37.5 Å². The molecule has 0 spiro atoms. The molecular formula is C24H22FN7O2. The molecule has 1 amide bonds. The fraction of sp³-hybridized carbons (Fsp3) is 0.250. The molecule has 6 heterocycles. The normalized spacial score (nSPS) is 16.1. The van der Waals surface area contributed by atoms with Crippen molar-refractivity contribution in [3.05, 3.63) is 66.0 Å². The number of hydrogen-bond donors (Lipinski definition) is 3. The molecule has 0 bridgehead atoms. The van der Waals surface area contributed by atoms with E-state index in [2.05, 4.69) is 30.5 Å². The molecule has 0 unspecified atom stereocenters. The van der Waals surface area contributed by atoms with Gasteiger partial charge in [0.2, 0.25) is 0 Å². The van der Waals surface area contributed by atoms with Gasteiger partial charge in [-0.05, 0) is 31.0 Å². The van der Waals surface area contributed by atoms with Gasteiger partial charge in [0.05, 0.1) is 53.0 Å². The van der Waals surface area contributed by atoms with Crippen molar-refractivity contribution in [1.82, 2.24) is 24.7 Å². The number of carbonyl (C=O) groups is 1. The average Bonchev–Trinajstić information content (AvgIpc) is 3.44. The van der Waals surface area contributed by atoms with Crippen LogP contribution in [0.3, 0.4) is 0 Å². The van der Waals surface area contributed by atoms with Crippen molar-refractivity contribution >= 4 is 28.7 Å². The lowest BCUT2D eigenvalue weighted by Gasteiger charge is -2.31. The minimum atomic E-state index is -0.365. The largest absolute Gasteiger partial charge is 0.393 e. The second-order valence-electron chi connectivity index (χ2n) is 8.52. The molecule has 0 aromatic carbocycles. The zero-order chi connectivity index (χ0) is 23.2. The Bertz CT molecular complexity index is 1390. The average molecular weight is 459 g/mol. The van der Waals surface area contributed by atoms with Gasteiger partial charge in [-0.1, -0.05) is 0 Å². The minimum Gasteiger partial charge on any atom is -0.393 e. The van der Waals surface area contributed by atoms with E-state index in [4.69, 9.17) is 0 Å². The van der Waals surface area contributed by atoms with Crippen molar-refractivity contribution < 1.29 is 14.3 Å². The van der Waals surface area contributed by atoms with Gasteiger partial charge in [-0.15, -0.1) is 0 Å². The zero-order valence-corrected chi connectivity index (χ0v) is 18.2. The van der Waals surface area contributed by atoms with Crippen molar-refractivity contribution in [3.63, 3.8) is 0 Å². The predicted molar refractivity (Wildman–Crippen MR) is 125 cm³/mol. The first-order chi connectivity index (χ1) is 16.6. The number of piperidine rings is 1. The molecule has 0 saturated carbocycles. The molecule has 6 rings (SSSR count). The van der Waals surface area contributed by atoms with Gasteiger partial charge in [-0.3, -0.25) is 14.2 Å². The van der Waals surface area contributed by atoms with E-state index >= 15 is 0 Å².